The van der Waals surface area contributed by atoms with Crippen LogP contribution in [0.25, 0.3) is 0 Å². The molecule has 0 unspecified atom stereocenters. The zero-order valence-corrected chi connectivity index (χ0v) is 11.5. The van der Waals surface area contributed by atoms with Crippen molar-refractivity contribution in [3.63, 3.8) is 0 Å². The SMILES string of the molecule is CCOC(=O)CSc1ncnc(Cl)c1NC(C)=O. The van der Waals surface area contributed by atoms with Gasteiger partial charge in [0.15, 0.2) is 5.15 Å². The van der Waals surface area contributed by atoms with E-state index in [1.165, 1.54) is 13.3 Å². The second-order valence-corrected chi connectivity index (χ2v) is 4.44. The maximum Gasteiger partial charge on any atom is 0.316 e. The summed E-state index contributed by atoms with van der Waals surface area (Å²) in [7, 11) is 0. The highest BCUT2D eigenvalue weighted by Crippen LogP contribution is 2.29. The Labute approximate surface area is 113 Å². The van der Waals surface area contributed by atoms with Crippen molar-refractivity contribution in [3.8, 4) is 0 Å². The second-order valence-electron chi connectivity index (χ2n) is 3.12. The number of rotatable bonds is 5. The van der Waals surface area contributed by atoms with E-state index < -0.39 is 0 Å². The fourth-order valence-corrected chi connectivity index (χ4v) is 2.06. The molecule has 0 spiro atoms. The van der Waals surface area contributed by atoms with Crippen LogP contribution in [0.1, 0.15) is 13.8 Å². The van der Waals surface area contributed by atoms with Crippen LogP contribution in [0.15, 0.2) is 11.4 Å². The summed E-state index contributed by atoms with van der Waals surface area (Å²) < 4.78 is 4.79. The number of carbonyl (C=O) groups is 2. The summed E-state index contributed by atoms with van der Waals surface area (Å²) in [6, 6.07) is 0. The molecule has 1 aromatic rings. The fourth-order valence-electron chi connectivity index (χ4n) is 1.07. The van der Waals surface area contributed by atoms with Crippen LogP contribution in [0.2, 0.25) is 5.15 Å². The first-order valence-corrected chi connectivity index (χ1v) is 6.47. The Bertz CT molecular complexity index is 456. The van der Waals surface area contributed by atoms with E-state index in [1.54, 1.807) is 6.92 Å². The molecule has 1 N–H and O–H groups in total. The molecule has 8 heteroatoms. The number of aromatic nitrogens is 2. The Morgan fingerprint density at radius 2 is 2.22 bits per heavy atom. The highest BCUT2D eigenvalue weighted by Gasteiger charge is 2.13. The van der Waals surface area contributed by atoms with Crippen LogP contribution in [0.4, 0.5) is 5.69 Å². The van der Waals surface area contributed by atoms with Gasteiger partial charge in [-0.15, -0.1) is 0 Å². The predicted molar refractivity (Wildman–Crippen MR) is 68.7 cm³/mol. The number of halogens is 1. The summed E-state index contributed by atoms with van der Waals surface area (Å²) in [5.74, 6) is -0.552. The van der Waals surface area contributed by atoms with Gasteiger partial charge in [0.25, 0.3) is 0 Å². The monoisotopic (exact) mass is 289 g/mol. The van der Waals surface area contributed by atoms with Crippen LogP contribution in [0.3, 0.4) is 0 Å². The summed E-state index contributed by atoms with van der Waals surface area (Å²) in [5, 5.41) is 3.09. The molecule has 0 radical (unpaired) electrons. The number of hydrogen-bond donors (Lipinski definition) is 1. The number of amides is 1. The average Bonchev–Trinajstić information content (AvgIpc) is 2.30. The van der Waals surface area contributed by atoms with Crippen LogP contribution in [-0.4, -0.2) is 34.2 Å². The molecule has 6 nitrogen and oxygen atoms in total. The Hall–Kier alpha value is -1.34. The minimum Gasteiger partial charge on any atom is -0.465 e. The smallest absolute Gasteiger partial charge is 0.316 e. The maximum absolute atomic E-state index is 11.2. The zero-order chi connectivity index (χ0) is 13.5. The molecule has 0 aliphatic heterocycles. The van der Waals surface area contributed by atoms with E-state index in [2.05, 4.69) is 15.3 Å². The van der Waals surface area contributed by atoms with Crippen LogP contribution in [-0.2, 0) is 14.3 Å². The van der Waals surface area contributed by atoms with Crippen LogP contribution < -0.4 is 5.32 Å². The van der Waals surface area contributed by atoms with Gasteiger partial charge < -0.3 is 10.1 Å². The molecule has 98 valence electrons. The van der Waals surface area contributed by atoms with Gasteiger partial charge in [0.05, 0.1) is 12.4 Å². The van der Waals surface area contributed by atoms with E-state index in [1.807, 2.05) is 0 Å². The van der Waals surface area contributed by atoms with Crippen molar-refractivity contribution in [1.82, 2.24) is 9.97 Å². The van der Waals surface area contributed by atoms with Crippen molar-refractivity contribution in [1.29, 1.82) is 0 Å². The molecule has 0 atom stereocenters. The summed E-state index contributed by atoms with van der Waals surface area (Å²) in [5.41, 5.74) is 0.306. The summed E-state index contributed by atoms with van der Waals surface area (Å²) in [4.78, 5) is 30.0. The van der Waals surface area contributed by atoms with E-state index >= 15 is 0 Å². The summed E-state index contributed by atoms with van der Waals surface area (Å²) in [6.07, 6.45) is 1.27. The zero-order valence-electron chi connectivity index (χ0n) is 9.90. The van der Waals surface area contributed by atoms with E-state index in [0.29, 0.717) is 17.3 Å². The number of ether oxygens (including phenoxy) is 1. The molecule has 1 heterocycles. The molecule has 0 saturated heterocycles. The summed E-state index contributed by atoms with van der Waals surface area (Å²) in [6.45, 7) is 3.40. The molecular formula is C10H12ClN3O3S. The molecule has 0 saturated carbocycles. The van der Waals surface area contributed by atoms with E-state index in [4.69, 9.17) is 16.3 Å². The molecule has 1 rings (SSSR count). The van der Waals surface area contributed by atoms with Crippen molar-refractivity contribution in [2.24, 2.45) is 0 Å². The van der Waals surface area contributed by atoms with Gasteiger partial charge in [0.2, 0.25) is 5.91 Å². The van der Waals surface area contributed by atoms with Crippen LogP contribution >= 0.6 is 23.4 Å². The third kappa shape index (κ3) is 4.50. The maximum atomic E-state index is 11.2. The standard InChI is InChI=1S/C10H12ClN3O3S/c1-3-17-7(16)4-18-10-8(14-6(2)15)9(11)12-5-13-10/h5H,3-4H2,1-2H3,(H,14,15). The quantitative estimate of drug-likeness (QED) is 0.505. The third-order valence-electron chi connectivity index (χ3n) is 1.70. The van der Waals surface area contributed by atoms with Crippen molar-refractivity contribution in [2.45, 2.75) is 18.9 Å². The molecule has 1 amide bonds. The second kappa shape index (κ2) is 7.17. The highest BCUT2D eigenvalue weighted by molar-refractivity contribution is 8.00. The van der Waals surface area contributed by atoms with Crippen molar-refractivity contribution in [2.75, 3.05) is 17.7 Å². The number of anilines is 1. The van der Waals surface area contributed by atoms with Crippen molar-refractivity contribution >= 4 is 40.9 Å². The number of hydrogen-bond acceptors (Lipinski definition) is 6. The molecule has 0 fully saturated rings. The first-order valence-electron chi connectivity index (χ1n) is 5.11. The normalized spacial score (nSPS) is 9.94. The largest absolute Gasteiger partial charge is 0.465 e. The number of carbonyl (C=O) groups excluding carboxylic acids is 2. The lowest BCUT2D eigenvalue weighted by Crippen LogP contribution is -2.10. The molecule has 0 aromatic carbocycles. The minimum absolute atomic E-state index is 0.0910. The van der Waals surface area contributed by atoms with Gasteiger partial charge in [-0.25, -0.2) is 9.97 Å². The lowest BCUT2D eigenvalue weighted by Gasteiger charge is -2.09. The lowest BCUT2D eigenvalue weighted by molar-refractivity contribution is -0.139. The topological polar surface area (TPSA) is 81.2 Å². The van der Waals surface area contributed by atoms with Gasteiger partial charge in [-0.05, 0) is 6.92 Å². The van der Waals surface area contributed by atoms with Gasteiger partial charge >= 0.3 is 5.97 Å². The van der Waals surface area contributed by atoms with E-state index in [0.717, 1.165) is 11.8 Å². The van der Waals surface area contributed by atoms with E-state index in [-0.39, 0.29) is 22.8 Å². The van der Waals surface area contributed by atoms with Gasteiger partial charge in [-0.1, -0.05) is 23.4 Å². The molecular weight excluding hydrogens is 278 g/mol. The first-order chi connectivity index (χ1) is 8.54. The number of esters is 1. The lowest BCUT2D eigenvalue weighted by atomic mass is 10.5. The first kappa shape index (κ1) is 14.7. The Morgan fingerprint density at radius 1 is 1.50 bits per heavy atom. The van der Waals surface area contributed by atoms with Gasteiger partial charge in [-0.2, -0.15) is 0 Å². The van der Waals surface area contributed by atoms with E-state index in [9.17, 15) is 9.59 Å². The Morgan fingerprint density at radius 3 is 2.83 bits per heavy atom. The minimum atomic E-state index is -0.356. The number of thioether (sulfide) groups is 1. The molecule has 18 heavy (non-hydrogen) atoms. The van der Waals surface area contributed by atoms with Crippen molar-refractivity contribution < 1.29 is 14.3 Å². The van der Waals surface area contributed by atoms with Crippen LogP contribution in [0.5, 0.6) is 0 Å². The average molecular weight is 290 g/mol. The highest BCUT2D eigenvalue weighted by atomic mass is 35.5. The third-order valence-corrected chi connectivity index (χ3v) is 2.95. The van der Waals surface area contributed by atoms with Gasteiger partial charge in [0.1, 0.15) is 17.0 Å². The summed E-state index contributed by atoms with van der Waals surface area (Å²) >= 11 is 6.98. The molecule has 1 aromatic heterocycles. The molecule has 0 aliphatic rings. The van der Waals surface area contributed by atoms with Crippen molar-refractivity contribution in [3.05, 3.63) is 11.5 Å². The van der Waals surface area contributed by atoms with Gasteiger partial charge in [0, 0.05) is 6.92 Å². The van der Waals surface area contributed by atoms with Crippen LogP contribution in [0, 0.1) is 0 Å². The fraction of sp³-hybridized carbons (Fsp3) is 0.400. The van der Waals surface area contributed by atoms with Gasteiger partial charge in [-0.3, -0.25) is 9.59 Å². The Kier molecular flexibility index (Phi) is 5.87. The molecule has 0 bridgehead atoms. The number of nitrogens with one attached hydrogen (secondary N) is 1. The molecule has 0 aliphatic carbocycles. The Balaban J connectivity index is 2.78. The number of nitrogens with zero attached hydrogens (tertiary/aromatic N) is 2. The predicted octanol–water partition coefficient (Wildman–Crippen LogP) is 1.74.